The van der Waals surface area contributed by atoms with E-state index in [2.05, 4.69) is 0 Å². The Morgan fingerprint density at radius 1 is 1.11 bits per heavy atom. The molecule has 0 spiro atoms. The molecule has 0 saturated heterocycles. The third-order valence-electron chi connectivity index (χ3n) is 2.64. The van der Waals surface area contributed by atoms with Crippen molar-refractivity contribution in [1.82, 2.24) is 0 Å². The number of para-hydroxylation sites is 2. The van der Waals surface area contributed by atoms with Gasteiger partial charge in [-0.1, -0.05) is 12.1 Å². The van der Waals surface area contributed by atoms with Crippen LogP contribution < -0.4 is 9.47 Å². The average Bonchev–Trinajstić information content (AvgIpc) is 2.46. The molecule has 0 aliphatic heterocycles. The van der Waals surface area contributed by atoms with Gasteiger partial charge in [0.05, 0.1) is 7.11 Å². The van der Waals surface area contributed by atoms with E-state index in [0.29, 0.717) is 17.1 Å². The third-order valence-corrected chi connectivity index (χ3v) is 2.64. The third kappa shape index (κ3) is 3.25. The van der Waals surface area contributed by atoms with Crippen LogP contribution >= 0.6 is 0 Å². The number of carbonyl (C=O) groups is 1. The number of methoxy groups -OCH3 is 1. The van der Waals surface area contributed by atoms with Gasteiger partial charge in [-0.15, -0.1) is 0 Å². The fourth-order valence-electron chi connectivity index (χ4n) is 1.58. The predicted octanol–water partition coefficient (Wildman–Crippen LogP) is 2.66. The summed E-state index contributed by atoms with van der Waals surface area (Å²) in [5.74, 6) is 0.846. The van der Waals surface area contributed by atoms with E-state index in [1.165, 1.54) is 6.07 Å². The van der Waals surface area contributed by atoms with E-state index in [4.69, 9.17) is 9.47 Å². The number of phenolic OH excluding ortho intramolecular Hbond substituents is 1. The standard InChI is InChI=1S/C15H14O4/c1-18-12-8-6-11(7-9-12)14(17)10-19-15-5-3-2-4-13(15)16/h2-9,16H,10H2,1H3. The highest BCUT2D eigenvalue weighted by Crippen LogP contribution is 2.24. The van der Waals surface area contributed by atoms with Crippen molar-refractivity contribution in [3.8, 4) is 17.2 Å². The van der Waals surface area contributed by atoms with Crippen LogP contribution in [-0.2, 0) is 0 Å². The van der Waals surface area contributed by atoms with Crippen molar-refractivity contribution in [2.24, 2.45) is 0 Å². The number of ketones is 1. The lowest BCUT2D eigenvalue weighted by Gasteiger charge is -2.07. The summed E-state index contributed by atoms with van der Waals surface area (Å²) in [6.07, 6.45) is 0. The highest BCUT2D eigenvalue weighted by atomic mass is 16.5. The molecule has 0 aliphatic rings. The number of hydrogen-bond acceptors (Lipinski definition) is 4. The van der Waals surface area contributed by atoms with Crippen molar-refractivity contribution in [3.63, 3.8) is 0 Å². The minimum Gasteiger partial charge on any atom is -0.504 e. The Kier molecular flexibility index (Phi) is 4.03. The minimum absolute atomic E-state index is 0.0185. The molecular formula is C15H14O4. The van der Waals surface area contributed by atoms with Crippen LogP contribution in [0.3, 0.4) is 0 Å². The first kappa shape index (κ1) is 13.0. The largest absolute Gasteiger partial charge is 0.504 e. The van der Waals surface area contributed by atoms with Crippen LogP contribution in [0.1, 0.15) is 10.4 Å². The lowest BCUT2D eigenvalue weighted by Crippen LogP contribution is -2.11. The maximum atomic E-state index is 11.9. The van der Waals surface area contributed by atoms with Crippen LogP contribution in [0, 0.1) is 0 Å². The van der Waals surface area contributed by atoms with Gasteiger partial charge in [-0.3, -0.25) is 4.79 Å². The Balaban J connectivity index is 1.99. The first-order chi connectivity index (χ1) is 9.20. The van der Waals surface area contributed by atoms with Gasteiger partial charge in [0, 0.05) is 5.56 Å². The van der Waals surface area contributed by atoms with E-state index in [0.717, 1.165) is 0 Å². The van der Waals surface area contributed by atoms with Crippen molar-refractivity contribution in [2.75, 3.05) is 13.7 Å². The van der Waals surface area contributed by atoms with Gasteiger partial charge in [0.15, 0.2) is 23.9 Å². The number of ether oxygens (including phenoxy) is 2. The minimum atomic E-state index is -0.161. The second-order valence-electron chi connectivity index (χ2n) is 3.91. The van der Waals surface area contributed by atoms with E-state index in [1.54, 1.807) is 49.6 Å². The summed E-state index contributed by atoms with van der Waals surface area (Å²) in [6.45, 7) is -0.121. The molecule has 0 atom stereocenters. The lowest BCUT2D eigenvalue weighted by atomic mass is 10.1. The predicted molar refractivity (Wildman–Crippen MR) is 70.9 cm³/mol. The van der Waals surface area contributed by atoms with Gasteiger partial charge in [0.2, 0.25) is 0 Å². The molecule has 2 aromatic carbocycles. The highest BCUT2D eigenvalue weighted by molar-refractivity contribution is 5.97. The second kappa shape index (κ2) is 5.91. The van der Waals surface area contributed by atoms with Crippen molar-refractivity contribution < 1.29 is 19.4 Å². The van der Waals surface area contributed by atoms with Gasteiger partial charge >= 0.3 is 0 Å². The van der Waals surface area contributed by atoms with E-state index in [9.17, 15) is 9.90 Å². The van der Waals surface area contributed by atoms with Gasteiger partial charge in [-0.2, -0.15) is 0 Å². The number of rotatable bonds is 5. The molecule has 2 aromatic rings. The van der Waals surface area contributed by atoms with Crippen LogP contribution in [0.5, 0.6) is 17.2 Å². The normalized spacial score (nSPS) is 9.95. The van der Waals surface area contributed by atoms with Crippen molar-refractivity contribution >= 4 is 5.78 Å². The number of aromatic hydroxyl groups is 1. The van der Waals surface area contributed by atoms with Crippen molar-refractivity contribution in [2.45, 2.75) is 0 Å². The Bertz CT molecular complexity index is 561. The fraction of sp³-hybridized carbons (Fsp3) is 0.133. The van der Waals surface area contributed by atoms with Gasteiger partial charge < -0.3 is 14.6 Å². The maximum absolute atomic E-state index is 11.9. The Hall–Kier alpha value is -2.49. The van der Waals surface area contributed by atoms with Crippen LogP contribution in [0.25, 0.3) is 0 Å². The summed E-state index contributed by atoms with van der Waals surface area (Å²) in [5.41, 5.74) is 0.538. The summed E-state index contributed by atoms with van der Waals surface area (Å²) < 4.78 is 10.3. The average molecular weight is 258 g/mol. The zero-order valence-corrected chi connectivity index (χ0v) is 10.5. The number of Topliss-reactive ketones (excluding diaryl/α,β-unsaturated/α-hetero) is 1. The zero-order valence-electron chi connectivity index (χ0n) is 10.5. The topological polar surface area (TPSA) is 55.8 Å². The first-order valence-corrected chi connectivity index (χ1v) is 5.79. The molecule has 0 unspecified atom stereocenters. The molecule has 0 fully saturated rings. The smallest absolute Gasteiger partial charge is 0.200 e. The lowest BCUT2D eigenvalue weighted by molar-refractivity contribution is 0.0919. The molecule has 0 radical (unpaired) electrons. The number of carbonyl (C=O) groups excluding carboxylic acids is 1. The summed E-state index contributed by atoms with van der Waals surface area (Å²) in [6, 6.07) is 13.3. The summed E-state index contributed by atoms with van der Waals surface area (Å²) in [5, 5.41) is 9.51. The molecule has 4 nitrogen and oxygen atoms in total. The van der Waals surface area contributed by atoms with Crippen LogP contribution in [-0.4, -0.2) is 24.6 Å². The van der Waals surface area contributed by atoms with E-state index in [-0.39, 0.29) is 18.1 Å². The molecule has 0 saturated carbocycles. The van der Waals surface area contributed by atoms with Crippen LogP contribution in [0.15, 0.2) is 48.5 Å². The highest BCUT2D eigenvalue weighted by Gasteiger charge is 2.08. The van der Waals surface area contributed by atoms with Gasteiger partial charge in [0.1, 0.15) is 5.75 Å². The molecule has 0 amide bonds. The molecule has 0 aliphatic carbocycles. The van der Waals surface area contributed by atoms with Crippen LogP contribution in [0.4, 0.5) is 0 Å². The zero-order chi connectivity index (χ0) is 13.7. The van der Waals surface area contributed by atoms with E-state index in [1.807, 2.05) is 0 Å². The van der Waals surface area contributed by atoms with Gasteiger partial charge in [0.25, 0.3) is 0 Å². The number of hydrogen-bond donors (Lipinski definition) is 1. The summed E-state index contributed by atoms with van der Waals surface area (Å²) >= 11 is 0. The molecule has 0 aromatic heterocycles. The first-order valence-electron chi connectivity index (χ1n) is 5.79. The van der Waals surface area contributed by atoms with Crippen molar-refractivity contribution in [1.29, 1.82) is 0 Å². The van der Waals surface area contributed by atoms with E-state index >= 15 is 0 Å². The Morgan fingerprint density at radius 2 is 1.79 bits per heavy atom. The Labute approximate surface area is 111 Å². The number of phenols is 1. The molecule has 0 bridgehead atoms. The van der Waals surface area contributed by atoms with Crippen LogP contribution in [0.2, 0.25) is 0 Å². The van der Waals surface area contributed by atoms with Crippen molar-refractivity contribution in [3.05, 3.63) is 54.1 Å². The molecule has 19 heavy (non-hydrogen) atoms. The monoisotopic (exact) mass is 258 g/mol. The fourth-order valence-corrected chi connectivity index (χ4v) is 1.58. The summed E-state index contributed by atoms with van der Waals surface area (Å²) in [4.78, 5) is 11.9. The second-order valence-corrected chi connectivity index (χ2v) is 3.91. The maximum Gasteiger partial charge on any atom is 0.200 e. The molecule has 4 heteroatoms. The van der Waals surface area contributed by atoms with E-state index < -0.39 is 0 Å². The molecule has 0 heterocycles. The Morgan fingerprint density at radius 3 is 2.42 bits per heavy atom. The van der Waals surface area contributed by atoms with Gasteiger partial charge in [-0.25, -0.2) is 0 Å². The van der Waals surface area contributed by atoms with Gasteiger partial charge in [-0.05, 0) is 36.4 Å². The quantitative estimate of drug-likeness (QED) is 0.838. The summed E-state index contributed by atoms with van der Waals surface area (Å²) in [7, 11) is 1.57. The molecule has 98 valence electrons. The molecular weight excluding hydrogens is 244 g/mol. The molecule has 2 rings (SSSR count). The number of benzene rings is 2. The molecule has 1 N–H and O–H groups in total. The SMILES string of the molecule is COc1ccc(C(=O)COc2ccccc2O)cc1.